The third-order valence-electron chi connectivity index (χ3n) is 4.62. The zero-order valence-corrected chi connectivity index (χ0v) is 17.0. The van der Waals surface area contributed by atoms with Crippen molar-refractivity contribution >= 4 is 0 Å². The summed E-state index contributed by atoms with van der Waals surface area (Å²) in [6.07, 6.45) is 16.1. The van der Waals surface area contributed by atoms with Crippen molar-refractivity contribution in [2.75, 3.05) is 6.61 Å². The molecule has 0 fully saturated rings. The van der Waals surface area contributed by atoms with E-state index in [1.54, 1.807) is 6.08 Å². The molecule has 5 heteroatoms. The molecule has 5 N–H and O–H groups in total. The molecule has 4 atom stereocenters. The predicted molar refractivity (Wildman–Crippen MR) is 108 cm³/mol. The van der Waals surface area contributed by atoms with Gasteiger partial charge < -0.3 is 25.8 Å². The molecular formula is C21H43NO4. The predicted octanol–water partition coefficient (Wildman–Crippen LogP) is 3.65. The molecule has 0 heterocycles. The Hall–Kier alpha value is -0.460. The Kier molecular flexibility index (Phi) is 17.6. The lowest BCUT2D eigenvalue weighted by molar-refractivity contribution is -0.161. The molecule has 0 radical (unpaired) electrons. The SMILES string of the molecule is CCCCCCCCCCCCC/C=C/C(O)C(N)COC(O)C(C)O. The van der Waals surface area contributed by atoms with Crippen LogP contribution in [0.3, 0.4) is 0 Å². The lowest BCUT2D eigenvalue weighted by Crippen LogP contribution is -2.40. The van der Waals surface area contributed by atoms with Gasteiger partial charge in [0.1, 0.15) is 6.10 Å². The van der Waals surface area contributed by atoms with Gasteiger partial charge in [-0.3, -0.25) is 0 Å². The molecule has 26 heavy (non-hydrogen) atoms. The second-order valence-electron chi connectivity index (χ2n) is 7.37. The number of ether oxygens (including phenoxy) is 1. The highest BCUT2D eigenvalue weighted by Gasteiger charge is 2.16. The molecule has 0 aliphatic carbocycles. The van der Waals surface area contributed by atoms with Gasteiger partial charge in [-0.15, -0.1) is 0 Å². The van der Waals surface area contributed by atoms with E-state index < -0.39 is 24.5 Å². The summed E-state index contributed by atoms with van der Waals surface area (Å²) < 4.78 is 4.99. The van der Waals surface area contributed by atoms with Gasteiger partial charge in [0, 0.05) is 0 Å². The molecule has 0 spiro atoms. The minimum Gasteiger partial charge on any atom is -0.388 e. The van der Waals surface area contributed by atoms with Crippen LogP contribution in [0.2, 0.25) is 0 Å². The van der Waals surface area contributed by atoms with Crippen molar-refractivity contribution in [1.82, 2.24) is 0 Å². The van der Waals surface area contributed by atoms with Crippen molar-refractivity contribution in [3.63, 3.8) is 0 Å². The Morgan fingerprint density at radius 3 is 1.85 bits per heavy atom. The van der Waals surface area contributed by atoms with Gasteiger partial charge in [0.25, 0.3) is 0 Å². The van der Waals surface area contributed by atoms with Crippen LogP contribution in [-0.2, 0) is 4.74 Å². The summed E-state index contributed by atoms with van der Waals surface area (Å²) in [6.45, 7) is 3.68. The van der Waals surface area contributed by atoms with Gasteiger partial charge in [-0.1, -0.05) is 83.3 Å². The Labute approximate surface area is 160 Å². The van der Waals surface area contributed by atoms with Crippen LogP contribution in [0.1, 0.15) is 90.9 Å². The zero-order valence-electron chi connectivity index (χ0n) is 17.0. The van der Waals surface area contributed by atoms with Crippen molar-refractivity contribution in [2.24, 2.45) is 5.73 Å². The van der Waals surface area contributed by atoms with E-state index in [9.17, 15) is 10.2 Å². The second kappa shape index (κ2) is 17.9. The molecule has 0 aromatic rings. The number of rotatable bonds is 18. The van der Waals surface area contributed by atoms with Gasteiger partial charge in [-0.05, 0) is 19.8 Å². The summed E-state index contributed by atoms with van der Waals surface area (Å²) in [4.78, 5) is 0. The van der Waals surface area contributed by atoms with Gasteiger partial charge >= 0.3 is 0 Å². The number of hydrogen-bond donors (Lipinski definition) is 4. The zero-order chi connectivity index (χ0) is 19.6. The molecule has 4 unspecified atom stereocenters. The summed E-state index contributed by atoms with van der Waals surface area (Å²) in [5.74, 6) is 0. The first kappa shape index (κ1) is 25.5. The van der Waals surface area contributed by atoms with E-state index in [0.717, 1.165) is 12.8 Å². The minimum absolute atomic E-state index is 0.00395. The number of nitrogens with two attached hydrogens (primary N) is 1. The molecule has 0 bridgehead atoms. The van der Waals surface area contributed by atoms with Gasteiger partial charge in [-0.25, -0.2) is 0 Å². The summed E-state index contributed by atoms with van der Waals surface area (Å²) in [6, 6.07) is -0.614. The van der Waals surface area contributed by atoms with Crippen LogP contribution in [0.4, 0.5) is 0 Å². The van der Waals surface area contributed by atoms with Crippen LogP contribution in [0, 0.1) is 0 Å². The Morgan fingerprint density at radius 1 is 0.846 bits per heavy atom. The van der Waals surface area contributed by atoms with E-state index in [1.807, 2.05) is 6.08 Å². The number of aliphatic hydroxyl groups excluding tert-OH is 3. The van der Waals surface area contributed by atoms with E-state index in [1.165, 1.54) is 71.1 Å². The summed E-state index contributed by atoms with van der Waals surface area (Å²) in [7, 11) is 0. The second-order valence-corrected chi connectivity index (χ2v) is 7.37. The number of allylic oxidation sites excluding steroid dienone is 1. The van der Waals surface area contributed by atoms with Crippen LogP contribution in [0.5, 0.6) is 0 Å². The quantitative estimate of drug-likeness (QED) is 0.167. The molecule has 0 aromatic carbocycles. The fourth-order valence-corrected chi connectivity index (χ4v) is 2.75. The van der Waals surface area contributed by atoms with Crippen LogP contribution in [0.25, 0.3) is 0 Å². The molecule has 0 aliphatic heterocycles. The highest BCUT2D eigenvalue weighted by atomic mass is 16.6. The molecule has 156 valence electrons. The third-order valence-corrected chi connectivity index (χ3v) is 4.62. The highest BCUT2D eigenvalue weighted by Crippen LogP contribution is 2.12. The standard InChI is InChI=1S/C21H43NO4/c1-3-4-5-6-7-8-9-10-11-12-13-14-15-16-20(24)19(22)17-26-21(25)18(2)23/h15-16,18-21,23-25H,3-14,17,22H2,1-2H3/b16-15+. The van der Waals surface area contributed by atoms with Crippen LogP contribution >= 0.6 is 0 Å². The Morgan fingerprint density at radius 2 is 1.35 bits per heavy atom. The van der Waals surface area contributed by atoms with Gasteiger partial charge in [0.15, 0.2) is 6.29 Å². The summed E-state index contributed by atoms with van der Waals surface area (Å²) in [5, 5.41) is 28.4. The molecule has 0 aliphatic rings. The Bertz CT molecular complexity index is 323. The maximum atomic E-state index is 9.91. The van der Waals surface area contributed by atoms with Crippen LogP contribution in [0.15, 0.2) is 12.2 Å². The summed E-state index contributed by atoms with van der Waals surface area (Å²) in [5.41, 5.74) is 5.79. The molecule has 0 aromatic heterocycles. The normalized spacial score (nSPS) is 16.7. The monoisotopic (exact) mass is 373 g/mol. The van der Waals surface area contributed by atoms with E-state index in [2.05, 4.69) is 6.92 Å². The van der Waals surface area contributed by atoms with E-state index in [0.29, 0.717) is 0 Å². The van der Waals surface area contributed by atoms with Gasteiger partial charge in [-0.2, -0.15) is 0 Å². The first-order valence-corrected chi connectivity index (χ1v) is 10.6. The third kappa shape index (κ3) is 15.8. The first-order chi connectivity index (χ1) is 12.5. The van der Waals surface area contributed by atoms with Crippen molar-refractivity contribution in [3.8, 4) is 0 Å². The Balaban J connectivity index is 3.48. The molecule has 0 saturated heterocycles. The minimum atomic E-state index is -1.27. The van der Waals surface area contributed by atoms with E-state index in [-0.39, 0.29) is 6.61 Å². The number of aliphatic hydroxyl groups is 3. The van der Waals surface area contributed by atoms with Crippen molar-refractivity contribution in [2.45, 2.75) is 115 Å². The molecule has 0 rings (SSSR count). The number of unbranched alkanes of at least 4 members (excludes halogenated alkanes) is 11. The van der Waals surface area contributed by atoms with Crippen molar-refractivity contribution < 1.29 is 20.1 Å². The van der Waals surface area contributed by atoms with Crippen molar-refractivity contribution in [3.05, 3.63) is 12.2 Å². The maximum absolute atomic E-state index is 9.91. The highest BCUT2D eigenvalue weighted by molar-refractivity contribution is 4.93. The van der Waals surface area contributed by atoms with E-state index in [4.69, 9.17) is 15.6 Å². The first-order valence-electron chi connectivity index (χ1n) is 10.6. The van der Waals surface area contributed by atoms with Crippen molar-refractivity contribution in [1.29, 1.82) is 0 Å². The van der Waals surface area contributed by atoms with Crippen LogP contribution < -0.4 is 5.73 Å². The van der Waals surface area contributed by atoms with E-state index >= 15 is 0 Å². The molecule has 0 saturated carbocycles. The smallest absolute Gasteiger partial charge is 0.180 e. The topological polar surface area (TPSA) is 95.9 Å². The lowest BCUT2D eigenvalue weighted by Gasteiger charge is -2.20. The fourth-order valence-electron chi connectivity index (χ4n) is 2.75. The maximum Gasteiger partial charge on any atom is 0.180 e. The average Bonchev–Trinajstić information content (AvgIpc) is 2.62. The molecule has 0 amide bonds. The molecule has 5 nitrogen and oxygen atoms in total. The van der Waals surface area contributed by atoms with Crippen LogP contribution in [-0.4, -0.2) is 46.5 Å². The van der Waals surface area contributed by atoms with Gasteiger partial charge in [0.2, 0.25) is 0 Å². The largest absolute Gasteiger partial charge is 0.388 e. The van der Waals surface area contributed by atoms with Gasteiger partial charge in [0.05, 0.1) is 18.8 Å². The average molecular weight is 374 g/mol. The summed E-state index contributed by atoms with van der Waals surface area (Å²) >= 11 is 0. The lowest BCUT2D eigenvalue weighted by atomic mass is 10.0. The fraction of sp³-hybridized carbons (Fsp3) is 0.905. The number of hydrogen-bond acceptors (Lipinski definition) is 5. The molecular weight excluding hydrogens is 330 g/mol.